The van der Waals surface area contributed by atoms with Crippen LogP contribution in [0.15, 0.2) is 48.7 Å². The Morgan fingerprint density at radius 3 is 2.25 bits per heavy atom. The topological polar surface area (TPSA) is 193 Å². The van der Waals surface area contributed by atoms with Crippen LogP contribution in [0.3, 0.4) is 0 Å². The Labute approximate surface area is 372 Å². The number of amides is 4. The number of fused-ring (bicyclic) bond motifs is 6. The van der Waals surface area contributed by atoms with Crippen LogP contribution in [0, 0.1) is 11.8 Å². The third-order valence-corrected chi connectivity index (χ3v) is 14.1. The molecule has 0 radical (unpaired) electrons. The molecule has 3 aromatic carbocycles. The Balaban J connectivity index is 0.960. The highest BCUT2D eigenvalue weighted by molar-refractivity contribution is 6.07. The summed E-state index contributed by atoms with van der Waals surface area (Å²) in [5.41, 5.74) is 6.59. The van der Waals surface area contributed by atoms with Gasteiger partial charge < -0.3 is 49.3 Å². The van der Waals surface area contributed by atoms with Gasteiger partial charge in [-0.05, 0) is 111 Å². The Hall–Kier alpha value is -6.16. The molecule has 64 heavy (non-hydrogen) atoms. The van der Waals surface area contributed by atoms with Crippen molar-refractivity contribution >= 4 is 45.8 Å². The van der Waals surface area contributed by atoms with Crippen LogP contribution in [0.1, 0.15) is 102 Å². The van der Waals surface area contributed by atoms with Gasteiger partial charge in [-0.3, -0.25) is 9.59 Å². The van der Waals surface area contributed by atoms with Crippen molar-refractivity contribution in [2.75, 3.05) is 27.4 Å². The Bertz CT molecular complexity index is 2580. The lowest BCUT2D eigenvalue weighted by atomic mass is 9.90. The number of methoxy groups -OCH3 is 2. The summed E-state index contributed by atoms with van der Waals surface area (Å²) < 4.78 is 21.8. The number of hydrogen-bond donors (Lipinski definition) is 4. The van der Waals surface area contributed by atoms with Crippen molar-refractivity contribution in [1.29, 1.82) is 0 Å². The van der Waals surface area contributed by atoms with Crippen LogP contribution in [0.5, 0.6) is 5.75 Å². The zero-order chi connectivity index (χ0) is 44.8. The molecular formula is C48H58N8O8. The fraction of sp³-hybridized carbons (Fsp3) is 0.500. The number of likely N-dealkylation sites (tertiary alicyclic amines) is 2. The van der Waals surface area contributed by atoms with Gasteiger partial charge in [0.15, 0.2) is 0 Å². The molecule has 4 N–H and O–H groups in total. The van der Waals surface area contributed by atoms with Crippen LogP contribution in [0.2, 0.25) is 0 Å². The number of carbonyl (C=O) groups is 4. The molecule has 3 fully saturated rings. The first-order chi connectivity index (χ1) is 31.0. The highest BCUT2D eigenvalue weighted by atomic mass is 16.5. The predicted octanol–water partition coefficient (Wildman–Crippen LogP) is 7.69. The van der Waals surface area contributed by atoms with Crippen LogP contribution in [0.25, 0.3) is 44.2 Å². The minimum absolute atomic E-state index is 0.0274. The number of rotatable bonds is 10. The quantitative estimate of drug-likeness (QED) is 0.108. The van der Waals surface area contributed by atoms with Crippen molar-refractivity contribution in [3.63, 3.8) is 0 Å². The number of nitrogens with one attached hydrogen (secondary N) is 4. The van der Waals surface area contributed by atoms with Crippen LogP contribution in [-0.4, -0.2) is 105 Å². The van der Waals surface area contributed by atoms with Crippen molar-refractivity contribution in [2.45, 2.75) is 115 Å². The van der Waals surface area contributed by atoms with Crippen molar-refractivity contribution in [1.82, 2.24) is 40.4 Å². The first-order valence-corrected chi connectivity index (χ1v) is 22.7. The van der Waals surface area contributed by atoms with Crippen molar-refractivity contribution < 1.29 is 38.1 Å². The van der Waals surface area contributed by atoms with Crippen LogP contribution < -0.4 is 15.4 Å². The molecule has 16 heteroatoms. The Kier molecular flexibility index (Phi) is 12.0. The third kappa shape index (κ3) is 7.90. The van der Waals surface area contributed by atoms with E-state index in [1.165, 1.54) is 14.2 Å². The number of hydrogen-bond acceptors (Lipinski definition) is 10. The normalized spacial score (nSPS) is 22.3. The number of ether oxygens (including phenoxy) is 4. The first kappa shape index (κ1) is 43.1. The summed E-state index contributed by atoms with van der Waals surface area (Å²) in [7, 11) is 2.62. The van der Waals surface area contributed by atoms with Gasteiger partial charge in [-0.1, -0.05) is 38.5 Å². The molecule has 4 aliphatic heterocycles. The molecule has 4 aliphatic rings. The van der Waals surface area contributed by atoms with Gasteiger partial charge in [0, 0.05) is 36.2 Å². The second-order valence-corrected chi connectivity index (χ2v) is 17.9. The van der Waals surface area contributed by atoms with Crippen molar-refractivity contribution in [3.8, 4) is 28.1 Å². The average Bonchev–Trinajstić information content (AvgIpc) is 4.14. The molecule has 4 amide bonds. The number of aromatic nitrogens is 4. The van der Waals surface area contributed by atoms with Gasteiger partial charge >= 0.3 is 12.2 Å². The van der Waals surface area contributed by atoms with Crippen molar-refractivity contribution in [2.24, 2.45) is 11.8 Å². The van der Waals surface area contributed by atoms with Gasteiger partial charge in [-0.25, -0.2) is 19.6 Å². The highest BCUT2D eigenvalue weighted by Crippen LogP contribution is 2.44. The Morgan fingerprint density at radius 2 is 1.53 bits per heavy atom. The number of nitrogens with zero attached hydrogens (tertiary/aromatic N) is 4. The Morgan fingerprint density at radius 1 is 0.828 bits per heavy atom. The molecule has 0 spiro atoms. The van der Waals surface area contributed by atoms with E-state index in [0.29, 0.717) is 38.5 Å². The number of aromatic amines is 2. The van der Waals surface area contributed by atoms with E-state index in [1.807, 2.05) is 49.8 Å². The van der Waals surface area contributed by atoms with E-state index in [1.54, 1.807) is 0 Å². The molecule has 7 atom stereocenters. The standard InChI is InChI=1S/C48H58N8O8/c1-7-25(2)40(53-47(59)61-5)45(57)56-27(4)9-15-38(56)44-50-35-13-11-29-21-34-32-12-10-30(20-31(32)24-64-39(34)22-33(29)42(35)52-44)36-23-49-43(51-36)37-14-8-26(3)55(37)46(58)41(54-48(60)62-6)28-16-18-63-19-17-28/h10-13,20-23,25-28,37-38,40-41H,7-9,14-19,24H2,1-6H3,(H,49,51)(H,50,52)(H,53,59)(H,54,60)/t25-,26-,27-,37-,38-,40-,41-/m0/s1. The van der Waals surface area contributed by atoms with Gasteiger partial charge in [-0.2, -0.15) is 0 Å². The minimum Gasteiger partial charge on any atom is -0.488 e. The summed E-state index contributed by atoms with van der Waals surface area (Å²) in [4.78, 5) is 73.9. The molecule has 16 nitrogen and oxygen atoms in total. The lowest BCUT2D eigenvalue weighted by Gasteiger charge is -2.36. The molecule has 0 unspecified atom stereocenters. The minimum atomic E-state index is -0.715. The van der Waals surface area contributed by atoms with Crippen LogP contribution in [-0.2, 0) is 30.4 Å². The van der Waals surface area contributed by atoms with E-state index in [0.717, 1.165) is 93.4 Å². The van der Waals surface area contributed by atoms with Gasteiger partial charge in [-0.15, -0.1) is 0 Å². The van der Waals surface area contributed by atoms with Gasteiger partial charge in [0.1, 0.15) is 36.1 Å². The number of carbonyl (C=O) groups excluding carboxylic acids is 4. The number of imidazole rings is 2. The summed E-state index contributed by atoms with van der Waals surface area (Å²) in [5, 5.41) is 7.60. The van der Waals surface area contributed by atoms with E-state index < -0.39 is 24.3 Å². The van der Waals surface area contributed by atoms with E-state index in [9.17, 15) is 19.2 Å². The van der Waals surface area contributed by atoms with Crippen LogP contribution >= 0.6 is 0 Å². The number of alkyl carbamates (subject to hydrolysis) is 2. The summed E-state index contributed by atoms with van der Waals surface area (Å²) in [6, 6.07) is 12.7. The summed E-state index contributed by atoms with van der Waals surface area (Å²) in [6.07, 6.45) is 5.79. The van der Waals surface area contributed by atoms with E-state index in [-0.39, 0.29) is 47.8 Å². The maximum Gasteiger partial charge on any atom is 0.407 e. The second kappa shape index (κ2) is 17.8. The largest absolute Gasteiger partial charge is 0.488 e. The van der Waals surface area contributed by atoms with Crippen LogP contribution in [0.4, 0.5) is 9.59 Å². The van der Waals surface area contributed by atoms with E-state index >= 15 is 0 Å². The maximum atomic E-state index is 14.3. The molecule has 0 saturated carbocycles. The van der Waals surface area contributed by atoms with E-state index in [2.05, 4.69) is 57.0 Å². The maximum absolute atomic E-state index is 14.3. The number of H-pyrrole nitrogens is 2. The van der Waals surface area contributed by atoms with E-state index in [4.69, 9.17) is 28.9 Å². The van der Waals surface area contributed by atoms with Crippen molar-refractivity contribution in [3.05, 3.63) is 65.9 Å². The monoisotopic (exact) mass is 874 g/mol. The zero-order valence-electron chi connectivity index (χ0n) is 37.4. The smallest absolute Gasteiger partial charge is 0.407 e. The first-order valence-electron chi connectivity index (χ1n) is 22.7. The average molecular weight is 875 g/mol. The molecule has 0 aliphatic carbocycles. The number of benzene rings is 3. The fourth-order valence-electron chi connectivity index (χ4n) is 10.3. The molecule has 0 bridgehead atoms. The predicted molar refractivity (Wildman–Crippen MR) is 239 cm³/mol. The molecular weight excluding hydrogens is 817 g/mol. The molecule has 9 rings (SSSR count). The molecule has 6 heterocycles. The molecule has 2 aromatic heterocycles. The molecule has 338 valence electrons. The lowest BCUT2D eigenvalue weighted by molar-refractivity contribution is -0.139. The second-order valence-electron chi connectivity index (χ2n) is 17.9. The van der Waals surface area contributed by atoms with Gasteiger partial charge in [0.05, 0.1) is 49.2 Å². The van der Waals surface area contributed by atoms with Gasteiger partial charge in [0.25, 0.3) is 0 Å². The molecule has 3 saturated heterocycles. The summed E-state index contributed by atoms with van der Waals surface area (Å²) in [5.74, 6) is 1.80. The molecule has 5 aromatic rings. The summed E-state index contributed by atoms with van der Waals surface area (Å²) in [6.45, 7) is 9.54. The zero-order valence-corrected chi connectivity index (χ0v) is 37.4. The fourth-order valence-corrected chi connectivity index (χ4v) is 10.3. The van der Waals surface area contributed by atoms with Gasteiger partial charge in [0.2, 0.25) is 11.8 Å². The lowest BCUT2D eigenvalue weighted by Crippen LogP contribution is -2.54. The summed E-state index contributed by atoms with van der Waals surface area (Å²) >= 11 is 0. The highest BCUT2D eigenvalue weighted by Gasteiger charge is 2.44. The third-order valence-electron chi connectivity index (χ3n) is 14.1. The SMILES string of the molecule is CC[C@H](C)[C@H](NC(=O)OC)C(=O)N1[C@@H](C)CC[C@H]1c1nc2c(ccc3cc4c(cc32)OCc2cc(-c3cnc([C@@H]5CC[C@H](C)N5C(=O)[C@@H](NC(=O)OC)C5CCOCC5)[nH]3)ccc2-4)[nH]1.